The van der Waals surface area contributed by atoms with Crippen LogP contribution in [0.4, 0.5) is 4.79 Å². The summed E-state index contributed by atoms with van der Waals surface area (Å²) >= 11 is 0. The fourth-order valence-corrected chi connectivity index (χ4v) is 12.5. The van der Waals surface area contributed by atoms with E-state index in [9.17, 15) is 29.1 Å². The van der Waals surface area contributed by atoms with Crippen molar-refractivity contribution in [3.05, 3.63) is 11.1 Å². The number of hydrogen-bond donors (Lipinski definition) is 3. The van der Waals surface area contributed by atoms with Gasteiger partial charge in [0, 0.05) is 24.9 Å². The molecule has 2 amide bonds. The maximum absolute atomic E-state index is 14.4. The van der Waals surface area contributed by atoms with Crippen LogP contribution in [0, 0.1) is 56.2 Å². The Morgan fingerprint density at radius 1 is 0.830 bits per heavy atom. The van der Waals surface area contributed by atoms with E-state index in [-0.39, 0.29) is 77.2 Å². The molecule has 5 rings (SSSR count). The lowest BCUT2D eigenvalue weighted by molar-refractivity contribution is -0.233. The maximum Gasteiger partial charge on any atom is 0.407 e. The zero-order valence-electron chi connectivity index (χ0n) is 34.7. The third kappa shape index (κ3) is 6.85. The third-order valence-electron chi connectivity index (χ3n) is 15.3. The van der Waals surface area contributed by atoms with E-state index in [4.69, 9.17) is 9.47 Å². The first-order chi connectivity index (χ1) is 24.3. The van der Waals surface area contributed by atoms with Crippen molar-refractivity contribution in [3.63, 3.8) is 0 Å². The van der Waals surface area contributed by atoms with Gasteiger partial charge >= 0.3 is 18.0 Å². The van der Waals surface area contributed by atoms with Crippen LogP contribution in [0.15, 0.2) is 11.1 Å². The van der Waals surface area contributed by atoms with Crippen molar-refractivity contribution in [2.24, 2.45) is 56.2 Å². The van der Waals surface area contributed by atoms with Crippen molar-refractivity contribution in [1.82, 2.24) is 10.6 Å². The summed E-state index contributed by atoms with van der Waals surface area (Å²) in [6.07, 6.45) is 6.39. The van der Waals surface area contributed by atoms with Gasteiger partial charge < -0.3 is 25.2 Å². The first-order valence-electron chi connectivity index (χ1n) is 20.2. The molecule has 53 heavy (non-hydrogen) atoms. The van der Waals surface area contributed by atoms with E-state index in [1.54, 1.807) is 34.6 Å². The number of carboxylic acid groups (broad SMARTS) is 1. The van der Waals surface area contributed by atoms with E-state index in [2.05, 4.69) is 59.1 Å². The molecule has 4 fully saturated rings. The highest BCUT2D eigenvalue weighted by Gasteiger charge is 2.71. The van der Waals surface area contributed by atoms with Crippen LogP contribution in [0.2, 0.25) is 0 Å². The molecule has 0 heterocycles. The van der Waals surface area contributed by atoms with Gasteiger partial charge in [-0.05, 0) is 137 Å². The second kappa shape index (κ2) is 13.7. The fraction of sp³-hybridized carbons (Fsp3) is 0.837. The molecule has 10 nitrogen and oxygen atoms in total. The summed E-state index contributed by atoms with van der Waals surface area (Å²) in [5.41, 5.74) is -1.10. The highest BCUT2D eigenvalue weighted by molar-refractivity contribution is 6.07. The lowest BCUT2D eigenvalue weighted by Crippen LogP contribution is -2.66. The zero-order chi connectivity index (χ0) is 39.7. The number of ketones is 1. The van der Waals surface area contributed by atoms with E-state index in [0.717, 1.165) is 56.1 Å². The van der Waals surface area contributed by atoms with Crippen LogP contribution in [0.5, 0.6) is 0 Å². The van der Waals surface area contributed by atoms with Gasteiger partial charge in [-0.3, -0.25) is 19.2 Å². The van der Waals surface area contributed by atoms with Gasteiger partial charge in [-0.1, -0.05) is 48.5 Å². The number of allylic oxidation sites excluding steroid dienone is 1. The second-order valence-electron chi connectivity index (χ2n) is 20.7. The number of alkyl carbamates (subject to hydrolysis) is 1. The molecule has 8 atom stereocenters. The van der Waals surface area contributed by atoms with Crippen molar-refractivity contribution in [1.29, 1.82) is 0 Å². The summed E-state index contributed by atoms with van der Waals surface area (Å²) in [6.45, 7) is 25.1. The third-order valence-corrected chi connectivity index (χ3v) is 15.3. The van der Waals surface area contributed by atoms with Crippen LogP contribution in [-0.4, -0.2) is 59.6 Å². The molecule has 5 aliphatic rings. The lowest BCUT2D eigenvalue weighted by Gasteiger charge is -2.72. The Balaban J connectivity index is 1.38. The molecule has 3 N–H and O–H groups in total. The quantitative estimate of drug-likeness (QED) is 0.159. The van der Waals surface area contributed by atoms with Crippen molar-refractivity contribution in [3.8, 4) is 0 Å². The van der Waals surface area contributed by atoms with Gasteiger partial charge in [0.2, 0.25) is 5.91 Å². The Labute approximate surface area is 317 Å². The van der Waals surface area contributed by atoms with Crippen LogP contribution in [0.25, 0.3) is 0 Å². The van der Waals surface area contributed by atoms with E-state index in [1.807, 2.05) is 0 Å². The van der Waals surface area contributed by atoms with Gasteiger partial charge in [-0.2, -0.15) is 0 Å². The minimum absolute atomic E-state index is 0.0154. The van der Waals surface area contributed by atoms with Crippen LogP contribution >= 0.6 is 0 Å². The van der Waals surface area contributed by atoms with Crippen LogP contribution in [0.3, 0.4) is 0 Å². The van der Waals surface area contributed by atoms with Gasteiger partial charge in [0.1, 0.15) is 11.7 Å². The van der Waals surface area contributed by atoms with Crippen LogP contribution < -0.4 is 10.6 Å². The predicted molar refractivity (Wildman–Crippen MR) is 203 cm³/mol. The minimum Gasteiger partial charge on any atom is -0.481 e. The highest BCUT2D eigenvalue weighted by atomic mass is 16.6. The molecule has 0 aromatic heterocycles. The fourth-order valence-electron chi connectivity index (χ4n) is 12.5. The Morgan fingerprint density at radius 3 is 2.08 bits per heavy atom. The molecule has 0 saturated heterocycles. The smallest absolute Gasteiger partial charge is 0.407 e. The Bertz CT molecular complexity index is 1550. The average Bonchev–Trinajstić information content (AvgIpc) is 3.33. The van der Waals surface area contributed by atoms with Gasteiger partial charge in [0.25, 0.3) is 0 Å². The van der Waals surface area contributed by atoms with Gasteiger partial charge in [0.15, 0.2) is 5.78 Å². The molecular formula is C43H68N2O8. The zero-order valence-corrected chi connectivity index (χ0v) is 34.7. The van der Waals surface area contributed by atoms with Crippen molar-refractivity contribution >= 4 is 29.7 Å². The van der Waals surface area contributed by atoms with Crippen LogP contribution in [-0.2, 0) is 28.7 Å². The first kappa shape index (κ1) is 41.3. The Hall–Kier alpha value is -2.91. The largest absolute Gasteiger partial charge is 0.481 e. The van der Waals surface area contributed by atoms with Gasteiger partial charge in [-0.15, -0.1) is 0 Å². The number of fused-ring (bicyclic) bond motifs is 7. The summed E-state index contributed by atoms with van der Waals surface area (Å²) < 4.78 is 11.5. The van der Waals surface area contributed by atoms with Crippen molar-refractivity contribution in [2.75, 3.05) is 13.1 Å². The van der Waals surface area contributed by atoms with E-state index >= 15 is 0 Å². The Kier molecular flexibility index (Phi) is 10.7. The van der Waals surface area contributed by atoms with Crippen molar-refractivity contribution < 1.29 is 38.6 Å². The van der Waals surface area contributed by atoms with Crippen molar-refractivity contribution in [2.45, 2.75) is 159 Å². The van der Waals surface area contributed by atoms with E-state index in [0.29, 0.717) is 18.3 Å². The number of ether oxygens (including phenoxy) is 2. The molecule has 4 saturated carbocycles. The summed E-state index contributed by atoms with van der Waals surface area (Å²) in [5.74, 6) is -0.559. The number of carbonyl (C=O) groups excluding carboxylic acids is 4. The number of amides is 2. The number of esters is 1. The average molecular weight is 741 g/mol. The molecule has 3 unspecified atom stereocenters. The molecule has 298 valence electrons. The van der Waals surface area contributed by atoms with Gasteiger partial charge in [0.05, 0.1) is 17.3 Å². The molecule has 0 bridgehead atoms. The normalized spacial score (nSPS) is 36.4. The summed E-state index contributed by atoms with van der Waals surface area (Å²) in [4.78, 5) is 65.3. The minimum atomic E-state index is -1.18. The molecule has 5 aliphatic carbocycles. The number of aliphatic carboxylic acids is 1. The molecule has 0 aromatic rings. The van der Waals surface area contributed by atoms with Crippen LogP contribution in [0.1, 0.15) is 147 Å². The predicted octanol–water partition coefficient (Wildman–Crippen LogP) is 8.02. The second-order valence-corrected chi connectivity index (χ2v) is 20.7. The SMILES string of the molecule is CC(C)C1=C2C3CCC4[C@@]5(C)CC[C@H](OC(=O)CC(C)(C)C(=O)O)C(C)(C)C5CC[C@@]4(C)[C@]3(C)CC[C@@]2(C(=O)NCCNC(=O)OC(C)(C)C)CC1=O. The molecule has 0 aliphatic heterocycles. The number of carbonyl (C=O) groups is 5. The van der Waals surface area contributed by atoms with E-state index < -0.39 is 34.5 Å². The summed E-state index contributed by atoms with van der Waals surface area (Å²) in [6, 6.07) is 0. The maximum atomic E-state index is 14.4. The first-order valence-corrected chi connectivity index (χ1v) is 20.2. The standard InChI is InChI=1S/C43H68N2O8/c1-25(2)32-27(46)23-43(34(48)44-21-22-45-36(51)53-37(3,4)5)20-19-41(11)26(33(32)43)13-14-29-40(10)17-16-30(52-31(47)24-38(6,7)35(49)50)39(8,9)28(40)15-18-42(29,41)12/h25-26,28-30H,13-24H2,1-12H3,(H,44,48)(H,45,51)(H,49,50)/t26?,28?,29?,30-,40-,41+,42+,43+/m0/s1. The number of nitrogens with one attached hydrogen (secondary N) is 2. The number of carboxylic acids is 1. The molecule has 0 aromatic carbocycles. The number of rotatable bonds is 9. The van der Waals surface area contributed by atoms with Gasteiger partial charge in [-0.25, -0.2) is 4.79 Å². The number of hydrogen-bond acceptors (Lipinski definition) is 7. The topological polar surface area (TPSA) is 148 Å². The molecular weight excluding hydrogens is 672 g/mol. The number of Topliss-reactive ketones (excluding diaryl/α,β-unsaturated/α-hetero) is 1. The monoisotopic (exact) mass is 740 g/mol. The molecule has 0 radical (unpaired) electrons. The highest BCUT2D eigenvalue weighted by Crippen LogP contribution is 2.76. The summed E-state index contributed by atoms with van der Waals surface area (Å²) in [7, 11) is 0. The lowest BCUT2D eigenvalue weighted by atomic mass is 9.33. The Morgan fingerprint density at radius 2 is 1.47 bits per heavy atom. The van der Waals surface area contributed by atoms with E-state index in [1.165, 1.54) is 0 Å². The summed E-state index contributed by atoms with van der Waals surface area (Å²) in [5, 5.41) is 15.4. The molecule has 0 spiro atoms. The molecule has 10 heteroatoms.